The van der Waals surface area contributed by atoms with E-state index in [1.807, 2.05) is 48.5 Å². The van der Waals surface area contributed by atoms with Crippen molar-refractivity contribution in [2.45, 2.75) is 69.6 Å². The first-order valence-corrected chi connectivity index (χ1v) is 16.2. The van der Waals surface area contributed by atoms with Crippen LogP contribution in [0.2, 0.25) is 0 Å². The number of amides is 1. The number of fused-ring (bicyclic) bond motifs is 1. The molecule has 0 bridgehead atoms. The molecule has 10 nitrogen and oxygen atoms in total. The number of hydrogen-bond donors (Lipinski definition) is 6. The number of benzene rings is 3. The lowest BCUT2D eigenvalue weighted by molar-refractivity contribution is 0.176. The van der Waals surface area contributed by atoms with Crippen LogP contribution in [0.3, 0.4) is 0 Å². The molecule has 0 aliphatic heterocycles. The maximum absolute atomic E-state index is 12.6. The zero-order chi connectivity index (χ0) is 32.5. The second kappa shape index (κ2) is 15.8. The summed E-state index contributed by atoms with van der Waals surface area (Å²) in [6.45, 7) is 1.62. The molecule has 1 unspecified atom stereocenters. The highest BCUT2D eigenvalue weighted by molar-refractivity contribution is 5.94. The molecule has 3 aromatic carbocycles. The van der Waals surface area contributed by atoms with Crippen molar-refractivity contribution >= 4 is 22.7 Å². The van der Waals surface area contributed by atoms with Gasteiger partial charge < -0.3 is 36.1 Å². The predicted molar refractivity (Wildman–Crippen MR) is 181 cm³/mol. The van der Waals surface area contributed by atoms with E-state index in [0.717, 1.165) is 69.0 Å². The third-order valence-corrected chi connectivity index (χ3v) is 8.75. The van der Waals surface area contributed by atoms with E-state index >= 15 is 0 Å². The fourth-order valence-corrected chi connectivity index (χ4v) is 6.27. The van der Waals surface area contributed by atoms with Gasteiger partial charge in [-0.3, -0.25) is 9.69 Å². The molecule has 0 radical (unpaired) electrons. The summed E-state index contributed by atoms with van der Waals surface area (Å²) in [5.74, 6) is 0.618. The number of ether oxygens (including phenoxy) is 1. The van der Waals surface area contributed by atoms with Crippen molar-refractivity contribution in [3.8, 4) is 22.6 Å². The van der Waals surface area contributed by atoms with Crippen LogP contribution in [0.1, 0.15) is 63.0 Å². The van der Waals surface area contributed by atoms with E-state index < -0.39 is 12.2 Å². The third kappa shape index (κ3) is 8.25. The topological polar surface area (TPSA) is 161 Å². The largest absolute Gasteiger partial charge is 0.506 e. The average molecular weight is 629 g/mol. The summed E-state index contributed by atoms with van der Waals surface area (Å²) in [4.78, 5) is 28.4. The number of rotatable bonds is 14. The summed E-state index contributed by atoms with van der Waals surface area (Å²) in [6.07, 6.45) is 5.08. The van der Waals surface area contributed by atoms with Crippen LogP contribution in [-0.4, -0.2) is 58.2 Å². The first-order chi connectivity index (χ1) is 22.3. The van der Waals surface area contributed by atoms with E-state index in [4.69, 9.17) is 10.5 Å². The minimum atomic E-state index is -0.969. The number of H-pyrrole nitrogens is 1. The number of carbonyl (C=O) groups is 1. The molecule has 1 saturated carbocycles. The van der Waals surface area contributed by atoms with E-state index in [9.17, 15) is 24.9 Å². The summed E-state index contributed by atoms with van der Waals surface area (Å²) in [6, 6.07) is 21.7. The number of nitrogens with two attached hydrogens (primary N) is 1. The second-order valence-electron chi connectivity index (χ2n) is 12.0. The minimum Gasteiger partial charge on any atom is -0.506 e. The zero-order valence-electron chi connectivity index (χ0n) is 26.0. The van der Waals surface area contributed by atoms with Gasteiger partial charge in [0.05, 0.1) is 23.9 Å². The Labute approximate surface area is 268 Å². The van der Waals surface area contributed by atoms with Gasteiger partial charge in [0.25, 0.3) is 0 Å². The smallest absolute Gasteiger partial charge is 0.412 e. The number of nitrogens with zero attached hydrogens (tertiary/aromatic N) is 1. The van der Waals surface area contributed by atoms with Crippen molar-refractivity contribution in [1.82, 2.24) is 10.3 Å². The van der Waals surface area contributed by atoms with Gasteiger partial charge in [0, 0.05) is 41.7 Å². The molecular formula is C36H44N4O6. The number of aromatic nitrogens is 1. The number of hydrogen-bond acceptors (Lipinski definition) is 7. The number of phenolic OH excluding ortho intramolecular Hbond substituents is 1. The van der Waals surface area contributed by atoms with Gasteiger partial charge in [0.2, 0.25) is 5.56 Å². The molecule has 1 fully saturated rings. The number of carboxylic acid groups (broad SMARTS) is 1. The molecule has 0 saturated heterocycles. The Hall–Kier alpha value is -4.38. The fourth-order valence-electron chi connectivity index (χ4n) is 6.27. The molecule has 1 heterocycles. The number of aliphatic hydroxyl groups excluding tert-OH is 1. The minimum absolute atomic E-state index is 0.0301. The number of pyridine rings is 1. The summed E-state index contributed by atoms with van der Waals surface area (Å²) in [5, 5.41) is 35.0. The SMILES string of the molecule is N[C@H]1CC[C@H](N(C(=O)O)c2cc(OCCCCCCNCC(O)c3ccc(O)c4[nH]c(=O)ccc34)ccc2-c2ccccc2)CC1. The molecule has 244 valence electrons. The predicted octanol–water partition coefficient (Wildman–Crippen LogP) is 5.92. The van der Waals surface area contributed by atoms with Crippen LogP contribution in [0, 0.1) is 0 Å². The van der Waals surface area contributed by atoms with E-state index in [2.05, 4.69) is 10.3 Å². The molecule has 1 aromatic heterocycles. The standard InChI is InChI=1S/C36H44N4O6/c37-25-10-12-26(13-11-25)40(36(44)45)31-22-27(14-15-28(31)24-8-4-3-5-9-24)46-21-7-2-1-6-20-38-23-33(42)29-16-18-32(41)35-30(29)17-19-34(43)39-35/h3-5,8-9,14-19,22,25-26,33,38,41-42H,1-2,6-7,10-13,20-21,23,37H2,(H,39,43)(H,44,45)/t25-,26-,33?. The summed E-state index contributed by atoms with van der Waals surface area (Å²) < 4.78 is 6.10. The zero-order valence-corrected chi connectivity index (χ0v) is 26.0. The number of unbranched alkanes of at least 4 members (excludes halogenated alkanes) is 3. The highest BCUT2D eigenvalue weighted by Crippen LogP contribution is 2.38. The Morgan fingerprint density at radius 2 is 1.74 bits per heavy atom. The van der Waals surface area contributed by atoms with Gasteiger partial charge in [-0.2, -0.15) is 0 Å². The van der Waals surface area contributed by atoms with Gasteiger partial charge in [0.1, 0.15) is 11.5 Å². The molecule has 0 spiro atoms. The first-order valence-electron chi connectivity index (χ1n) is 16.2. The van der Waals surface area contributed by atoms with Crippen LogP contribution in [0.15, 0.2) is 77.6 Å². The van der Waals surface area contributed by atoms with E-state index in [1.165, 1.54) is 17.0 Å². The molecular weight excluding hydrogens is 584 g/mol. The number of phenols is 1. The van der Waals surface area contributed by atoms with Crippen LogP contribution >= 0.6 is 0 Å². The summed E-state index contributed by atoms with van der Waals surface area (Å²) >= 11 is 0. The average Bonchev–Trinajstić information content (AvgIpc) is 3.05. The van der Waals surface area contributed by atoms with Crippen molar-refractivity contribution < 1.29 is 24.9 Å². The lowest BCUT2D eigenvalue weighted by Gasteiger charge is -2.35. The quantitative estimate of drug-likeness (QED) is 0.0939. The molecule has 1 aliphatic rings. The molecule has 5 rings (SSSR count). The second-order valence-corrected chi connectivity index (χ2v) is 12.0. The number of anilines is 1. The molecule has 10 heteroatoms. The first kappa shape index (κ1) is 33.0. The Morgan fingerprint density at radius 1 is 0.978 bits per heavy atom. The van der Waals surface area contributed by atoms with Crippen molar-refractivity contribution in [3.63, 3.8) is 0 Å². The molecule has 4 aromatic rings. The van der Waals surface area contributed by atoms with E-state index in [1.54, 1.807) is 12.1 Å². The van der Waals surface area contributed by atoms with Crippen molar-refractivity contribution in [1.29, 1.82) is 0 Å². The Balaban J connectivity index is 1.10. The number of nitrogens with one attached hydrogen (secondary N) is 2. The Bertz CT molecular complexity index is 1650. The van der Waals surface area contributed by atoms with Crippen molar-refractivity contribution in [2.24, 2.45) is 5.73 Å². The van der Waals surface area contributed by atoms with Gasteiger partial charge in [-0.05, 0) is 80.5 Å². The van der Waals surface area contributed by atoms with Gasteiger partial charge in [0.15, 0.2) is 0 Å². The number of aromatic amines is 1. The van der Waals surface area contributed by atoms with Gasteiger partial charge >= 0.3 is 6.09 Å². The van der Waals surface area contributed by atoms with Gasteiger partial charge in [-0.25, -0.2) is 4.79 Å². The molecule has 7 N–H and O–H groups in total. The Morgan fingerprint density at radius 3 is 2.50 bits per heavy atom. The third-order valence-electron chi connectivity index (χ3n) is 8.75. The number of aromatic hydroxyl groups is 1. The lowest BCUT2D eigenvalue weighted by Crippen LogP contribution is -2.44. The van der Waals surface area contributed by atoms with Crippen LogP contribution < -0.4 is 26.2 Å². The van der Waals surface area contributed by atoms with Crippen molar-refractivity contribution in [2.75, 3.05) is 24.6 Å². The normalized spacial score (nSPS) is 17.1. The lowest BCUT2D eigenvalue weighted by atomic mass is 9.90. The van der Waals surface area contributed by atoms with Crippen LogP contribution in [0.4, 0.5) is 10.5 Å². The monoisotopic (exact) mass is 628 g/mol. The fraction of sp³-hybridized carbons (Fsp3) is 0.389. The van der Waals surface area contributed by atoms with Crippen molar-refractivity contribution in [3.05, 3.63) is 88.7 Å². The maximum atomic E-state index is 12.6. The Kier molecular flexibility index (Phi) is 11.3. The van der Waals surface area contributed by atoms with E-state index in [0.29, 0.717) is 41.1 Å². The number of aliphatic hydroxyl groups is 1. The van der Waals surface area contributed by atoms with Gasteiger partial charge in [-0.15, -0.1) is 0 Å². The molecule has 46 heavy (non-hydrogen) atoms. The summed E-state index contributed by atoms with van der Waals surface area (Å²) in [7, 11) is 0. The summed E-state index contributed by atoms with van der Waals surface area (Å²) in [5.41, 5.74) is 9.22. The van der Waals surface area contributed by atoms with Gasteiger partial charge in [-0.1, -0.05) is 49.2 Å². The van der Waals surface area contributed by atoms with E-state index in [-0.39, 0.29) is 23.4 Å². The molecule has 1 atom stereocenters. The highest BCUT2D eigenvalue weighted by Gasteiger charge is 2.31. The maximum Gasteiger partial charge on any atom is 0.412 e. The van der Waals surface area contributed by atoms with Crippen LogP contribution in [-0.2, 0) is 0 Å². The van der Waals surface area contributed by atoms with Crippen LogP contribution in [0.25, 0.3) is 22.0 Å². The molecule has 1 amide bonds. The van der Waals surface area contributed by atoms with Crippen LogP contribution in [0.5, 0.6) is 11.5 Å². The molecule has 1 aliphatic carbocycles. The highest BCUT2D eigenvalue weighted by atomic mass is 16.5.